The topological polar surface area (TPSA) is 66.0 Å². The standard InChI is InChI=1S/C15H27NO5/c1-7-11-13(21-15(5,6)19-11)12-10(16-9(2)17)8-18-14(3,4)20-12/h10-13H,7-8H2,1-6H3,(H,16,17)/t10-,11?,12?,13-/m1/s1. The number of carbonyl (C=O) groups excluding carboxylic acids is 1. The van der Waals surface area contributed by atoms with E-state index in [0.29, 0.717) is 6.61 Å². The SMILES string of the molecule is CCC1OC(C)(C)O[C@H]1C1OC(C)(C)OC[C@H]1NC(C)=O. The smallest absolute Gasteiger partial charge is 0.217 e. The van der Waals surface area contributed by atoms with Crippen molar-refractivity contribution in [3.63, 3.8) is 0 Å². The summed E-state index contributed by atoms with van der Waals surface area (Å²) in [7, 11) is 0. The second-order valence-electron chi connectivity index (χ2n) is 6.65. The minimum Gasteiger partial charge on any atom is -0.349 e. The van der Waals surface area contributed by atoms with E-state index in [0.717, 1.165) is 6.42 Å². The molecule has 0 aromatic rings. The second kappa shape index (κ2) is 5.83. The van der Waals surface area contributed by atoms with E-state index in [2.05, 4.69) is 12.2 Å². The Morgan fingerprint density at radius 1 is 1.10 bits per heavy atom. The fraction of sp³-hybridized carbons (Fsp3) is 0.933. The number of carbonyl (C=O) groups is 1. The summed E-state index contributed by atoms with van der Waals surface area (Å²) >= 11 is 0. The van der Waals surface area contributed by atoms with E-state index in [-0.39, 0.29) is 30.3 Å². The maximum absolute atomic E-state index is 11.4. The molecule has 0 radical (unpaired) electrons. The number of hydrogen-bond donors (Lipinski definition) is 1. The Labute approximate surface area is 126 Å². The van der Waals surface area contributed by atoms with Crippen molar-refractivity contribution in [3.05, 3.63) is 0 Å². The lowest BCUT2D eigenvalue weighted by Gasteiger charge is -2.43. The monoisotopic (exact) mass is 301 g/mol. The largest absolute Gasteiger partial charge is 0.349 e. The molecule has 2 unspecified atom stereocenters. The molecule has 122 valence electrons. The van der Waals surface area contributed by atoms with E-state index in [1.807, 2.05) is 27.7 Å². The van der Waals surface area contributed by atoms with Crippen LogP contribution in [0.3, 0.4) is 0 Å². The van der Waals surface area contributed by atoms with Gasteiger partial charge in [-0.05, 0) is 34.1 Å². The molecule has 0 aromatic heterocycles. The average Bonchev–Trinajstić information content (AvgIpc) is 2.66. The molecule has 2 heterocycles. The molecule has 1 amide bonds. The van der Waals surface area contributed by atoms with Gasteiger partial charge in [0, 0.05) is 6.92 Å². The molecule has 2 fully saturated rings. The first kappa shape index (κ1) is 16.7. The highest BCUT2D eigenvalue weighted by Gasteiger charge is 2.50. The Hall–Kier alpha value is -0.690. The highest BCUT2D eigenvalue weighted by Crippen LogP contribution is 2.36. The Bertz CT molecular complexity index is 396. The van der Waals surface area contributed by atoms with Crippen LogP contribution in [0.25, 0.3) is 0 Å². The van der Waals surface area contributed by atoms with Crippen molar-refractivity contribution in [2.75, 3.05) is 6.61 Å². The summed E-state index contributed by atoms with van der Waals surface area (Å²) in [6.07, 6.45) is 0.228. The predicted molar refractivity (Wildman–Crippen MR) is 76.6 cm³/mol. The van der Waals surface area contributed by atoms with Crippen LogP contribution in [0.4, 0.5) is 0 Å². The van der Waals surface area contributed by atoms with Crippen molar-refractivity contribution in [2.45, 2.75) is 83.9 Å². The molecule has 0 saturated carbocycles. The summed E-state index contributed by atoms with van der Waals surface area (Å²) in [4.78, 5) is 11.4. The molecule has 6 nitrogen and oxygen atoms in total. The third kappa shape index (κ3) is 3.94. The minimum absolute atomic E-state index is 0.0600. The summed E-state index contributed by atoms with van der Waals surface area (Å²) in [6, 6.07) is -0.243. The fourth-order valence-corrected chi connectivity index (χ4v) is 2.97. The first-order valence-corrected chi connectivity index (χ1v) is 7.58. The molecule has 0 aliphatic carbocycles. The lowest BCUT2D eigenvalue weighted by Crippen LogP contribution is -2.61. The molecule has 2 aliphatic heterocycles. The van der Waals surface area contributed by atoms with Gasteiger partial charge in [-0.15, -0.1) is 0 Å². The van der Waals surface area contributed by atoms with Crippen molar-refractivity contribution in [1.82, 2.24) is 5.32 Å². The van der Waals surface area contributed by atoms with Crippen molar-refractivity contribution in [1.29, 1.82) is 0 Å². The number of ether oxygens (including phenoxy) is 4. The highest BCUT2D eigenvalue weighted by atomic mass is 16.8. The van der Waals surface area contributed by atoms with Crippen LogP contribution in [0.15, 0.2) is 0 Å². The van der Waals surface area contributed by atoms with Crippen LogP contribution in [0.5, 0.6) is 0 Å². The number of hydrogen-bond acceptors (Lipinski definition) is 5. The Morgan fingerprint density at radius 3 is 2.29 bits per heavy atom. The van der Waals surface area contributed by atoms with Gasteiger partial charge < -0.3 is 24.3 Å². The van der Waals surface area contributed by atoms with Crippen LogP contribution in [0.2, 0.25) is 0 Å². The predicted octanol–water partition coefficient (Wildman–Crippen LogP) is 1.57. The van der Waals surface area contributed by atoms with E-state index in [1.54, 1.807) is 0 Å². The van der Waals surface area contributed by atoms with Crippen LogP contribution in [0.1, 0.15) is 48.0 Å². The highest BCUT2D eigenvalue weighted by molar-refractivity contribution is 5.73. The first-order chi connectivity index (χ1) is 9.63. The molecule has 4 atom stereocenters. The van der Waals surface area contributed by atoms with Gasteiger partial charge in [0.1, 0.15) is 12.2 Å². The van der Waals surface area contributed by atoms with Gasteiger partial charge in [-0.2, -0.15) is 0 Å². The van der Waals surface area contributed by atoms with Crippen molar-refractivity contribution >= 4 is 5.91 Å². The molecule has 21 heavy (non-hydrogen) atoms. The van der Waals surface area contributed by atoms with Crippen LogP contribution in [-0.2, 0) is 23.7 Å². The van der Waals surface area contributed by atoms with Crippen LogP contribution < -0.4 is 5.32 Å². The molecular weight excluding hydrogens is 274 g/mol. The summed E-state index contributed by atoms with van der Waals surface area (Å²) in [6.45, 7) is 11.5. The van der Waals surface area contributed by atoms with Crippen LogP contribution in [0, 0.1) is 0 Å². The Kier molecular flexibility index (Phi) is 4.63. The van der Waals surface area contributed by atoms with E-state index < -0.39 is 11.6 Å². The van der Waals surface area contributed by atoms with E-state index in [9.17, 15) is 4.79 Å². The zero-order chi connectivity index (χ0) is 15.8. The van der Waals surface area contributed by atoms with Crippen molar-refractivity contribution in [3.8, 4) is 0 Å². The third-order valence-corrected chi connectivity index (χ3v) is 3.76. The molecule has 0 aromatic carbocycles. The van der Waals surface area contributed by atoms with Crippen molar-refractivity contribution < 1.29 is 23.7 Å². The molecular formula is C15H27NO5. The zero-order valence-electron chi connectivity index (χ0n) is 13.8. The zero-order valence-corrected chi connectivity index (χ0v) is 13.8. The van der Waals surface area contributed by atoms with Gasteiger partial charge >= 0.3 is 0 Å². The third-order valence-electron chi connectivity index (χ3n) is 3.76. The molecule has 2 rings (SSSR count). The Balaban J connectivity index is 2.20. The normalized spacial score (nSPS) is 38.2. The number of nitrogens with one attached hydrogen (secondary N) is 1. The van der Waals surface area contributed by atoms with Gasteiger partial charge in [0.25, 0.3) is 0 Å². The van der Waals surface area contributed by atoms with Crippen molar-refractivity contribution in [2.24, 2.45) is 0 Å². The van der Waals surface area contributed by atoms with Crippen LogP contribution in [-0.4, -0.2) is 48.4 Å². The number of rotatable bonds is 3. The fourth-order valence-electron chi connectivity index (χ4n) is 2.97. The molecule has 2 saturated heterocycles. The number of amides is 1. The quantitative estimate of drug-likeness (QED) is 0.857. The minimum atomic E-state index is -0.700. The maximum Gasteiger partial charge on any atom is 0.217 e. The molecule has 1 N–H and O–H groups in total. The van der Waals surface area contributed by atoms with E-state index >= 15 is 0 Å². The summed E-state index contributed by atoms with van der Waals surface area (Å²) in [5, 5.41) is 2.89. The molecule has 2 aliphatic rings. The molecule has 0 spiro atoms. The molecule has 0 bridgehead atoms. The molecule has 6 heteroatoms. The van der Waals surface area contributed by atoms with Gasteiger partial charge in [-0.1, -0.05) is 6.92 Å². The van der Waals surface area contributed by atoms with E-state index in [4.69, 9.17) is 18.9 Å². The van der Waals surface area contributed by atoms with Gasteiger partial charge in [-0.25, -0.2) is 0 Å². The lowest BCUT2D eigenvalue weighted by atomic mass is 9.98. The lowest BCUT2D eigenvalue weighted by molar-refractivity contribution is -0.301. The van der Waals surface area contributed by atoms with Crippen LogP contribution >= 0.6 is 0 Å². The summed E-state index contributed by atoms with van der Waals surface area (Å²) in [5.41, 5.74) is 0. The maximum atomic E-state index is 11.4. The van der Waals surface area contributed by atoms with E-state index in [1.165, 1.54) is 6.92 Å². The second-order valence-corrected chi connectivity index (χ2v) is 6.65. The van der Waals surface area contributed by atoms with Gasteiger partial charge in [0.2, 0.25) is 5.91 Å². The van der Waals surface area contributed by atoms with Gasteiger partial charge in [0.05, 0.1) is 18.8 Å². The summed E-state index contributed by atoms with van der Waals surface area (Å²) < 4.78 is 23.7. The van der Waals surface area contributed by atoms with Gasteiger partial charge in [0.15, 0.2) is 11.6 Å². The summed E-state index contributed by atoms with van der Waals surface area (Å²) in [5.74, 6) is -1.45. The first-order valence-electron chi connectivity index (χ1n) is 7.58. The van der Waals surface area contributed by atoms with Gasteiger partial charge in [-0.3, -0.25) is 4.79 Å². The Morgan fingerprint density at radius 2 is 1.71 bits per heavy atom. The average molecular weight is 301 g/mol.